The van der Waals surface area contributed by atoms with Gasteiger partial charge in [-0.2, -0.15) is 0 Å². The molecule has 0 saturated carbocycles. The molecule has 4 rings (SSSR count). The zero-order valence-corrected chi connectivity index (χ0v) is 24.4. The Morgan fingerprint density at radius 2 is 1.95 bits per heavy atom. The lowest BCUT2D eigenvalue weighted by molar-refractivity contribution is -0.139. The number of thiazole rings is 1. The van der Waals surface area contributed by atoms with Gasteiger partial charge in [0.15, 0.2) is 16.3 Å². The molecule has 0 bridgehead atoms. The molecule has 200 valence electrons. The highest BCUT2D eigenvalue weighted by molar-refractivity contribution is 9.10. The van der Waals surface area contributed by atoms with Crippen LogP contribution in [0.25, 0.3) is 6.08 Å². The number of fused-ring (bicyclic) bond motifs is 1. The van der Waals surface area contributed by atoms with E-state index in [1.54, 1.807) is 43.3 Å². The van der Waals surface area contributed by atoms with Gasteiger partial charge >= 0.3 is 5.97 Å². The normalized spacial score (nSPS) is 15.2. The molecule has 38 heavy (non-hydrogen) atoms. The maximum atomic E-state index is 13.9. The zero-order chi connectivity index (χ0) is 27.6. The predicted octanol–water partition coefficient (Wildman–Crippen LogP) is 4.72. The van der Waals surface area contributed by atoms with Gasteiger partial charge in [-0.3, -0.25) is 9.36 Å². The summed E-state index contributed by atoms with van der Waals surface area (Å²) in [4.78, 5) is 32.4. The average molecular weight is 622 g/mol. The lowest BCUT2D eigenvalue weighted by Crippen LogP contribution is -2.40. The first-order valence-corrected chi connectivity index (χ1v) is 13.8. The van der Waals surface area contributed by atoms with Crippen molar-refractivity contribution < 1.29 is 24.1 Å². The highest BCUT2D eigenvalue weighted by Crippen LogP contribution is 2.38. The summed E-state index contributed by atoms with van der Waals surface area (Å²) < 4.78 is 18.7. The van der Waals surface area contributed by atoms with Crippen LogP contribution in [0.15, 0.2) is 55.9 Å². The fourth-order valence-electron chi connectivity index (χ4n) is 4.34. The predicted molar refractivity (Wildman–Crippen MR) is 150 cm³/mol. The third kappa shape index (κ3) is 5.25. The van der Waals surface area contributed by atoms with E-state index in [9.17, 15) is 14.7 Å². The van der Waals surface area contributed by atoms with Gasteiger partial charge in [0.1, 0.15) is 11.8 Å². The number of esters is 1. The van der Waals surface area contributed by atoms with E-state index in [0.717, 1.165) is 17.8 Å². The molecule has 0 radical (unpaired) electrons. The quantitative estimate of drug-likeness (QED) is 0.366. The summed E-state index contributed by atoms with van der Waals surface area (Å²) in [5.74, 6) is 0.0570. The molecule has 0 spiro atoms. The first-order chi connectivity index (χ1) is 18.2. The monoisotopic (exact) mass is 620 g/mol. The van der Waals surface area contributed by atoms with Crippen molar-refractivity contribution in [2.75, 3.05) is 20.8 Å². The number of allylic oxidation sites excluding steroid dienone is 1. The number of aromatic nitrogens is 1. The van der Waals surface area contributed by atoms with E-state index >= 15 is 0 Å². The zero-order valence-electron chi connectivity index (χ0n) is 21.2. The topological polar surface area (TPSA) is 99.4 Å². The molecule has 0 saturated heterocycles. The number of benzene rings is 2. The largest absolute Gasteiger partial charge is 0.504 e. The molecule has 0 unspecified atom stereocenters. The second-order valence-corrected chi connectivity index (χ2v) is 10.7. The summed E-state index contributed by atoms with van der Waals surface area (Å²) in [6.45, 7) is 3.87. The summed E-state index contributed by atoms with van der Waals surface area (Å²) in [7, 11) is 2.96. The minimum absolute atomic E-state index is 0.103. The molecule has 1 atom stereocenters. The van der Waals surface area contributed by atoms with Gasteiger partial charge in [0, 0.05) is 20.6 Å². The molecular formula is C27H26BrClN2O6S. The Morgan fingerprint density at radius 3 is 2.61 bits per heavy atom. The van der Waals surface area contributed by atoms with E-state index in [0.29, 0.717) is 47.8 Å². The first-order valence-electron chi connectivity index (χ1n) is 11.9. The van der Waals surface area contributed by atoms with Crippen molar-refractivity contribution >= 4 is 50.9 Å². The Bertz CT molecular complexity index is 1610. The van der Waals surface area contributed by atoms with Crippen LogP contribution in [0.4, 0.5) is 0 Å². The number of phenols is 1. The molecule has 0 fully saturated rings. The summed E-state index contributed by atoms with van der Waals surface area (Å²) in [5, 5.41) is 11.1. The van der Waals surface area contributed by atoms with Gasteiger partial charge in [0.25, 0.3) is 5.56 Å². The number of aromatic hydroxyl groups is 1. The summed E-state index contributed by atoms with van der Waals surface area (Å²) in [6, 6.07) is 7.48. The maximum Gasteiger partial charge on any atom is 0.338 e. The number of rotatable bonds is 8. The van der Waals surface area contributed by atoms with Gasteiger partial charge in [-0.05, 0) is 49.8 Å². The molecule has 11 heteroatoms. The number of ether oxygens (including phenoxy) is 3. The Morgan fingerprint density at radius 1 is 1.21 bits per heavy atom. The number of methoxy groups -OCH3 is 2. The smallest absolute Gasteiger partial charge is 0.338 e. The van der Waals surface area contributed by atoms with Gasteiger partial charge in [-0.15, -0.1) is 0 Å². The van der Waals surface area contributed by atoms with Gasteiger partial charge < -0.3 is 19.3 Å². The first kappa shape index (κ1) is 27.9. The third-order valence-electron chi connectivity index (χ3n) is 5.95. The number of nitrogens with zero attached hydrogens (tertiary/aromatic N) is 2. The SMILES string of the molecule is CCCC1=C(C(=O)OCC)[C@@H](c2cc(Cl)ccc2OC)n2c(s/c(=C/c3cc(Br)cc(OC)c3O)c2=O)=N1. The average Bonchev–Trinajstić information content (AvgIpc) is 3.19. The minimum atomic E-state index is -0.881. The highest BCUT2D eigenvalue weighted by atomic mass is 79.9. The van der Waals surface area contributed by atoms with Crippen LogP contribution in [-0.4, -0.2) is 36.5 Å². The lowest BCUT2D eigenvalue weighted by Gasteiger charge is -2.27. The number of hydrogen-bond donors (Lipinski definition) is 1. The molecular weight excluding hydrogens is 596 g/mol. The van der Waals surface area contributed by atoms with Crippen molar-refractivity contribution in [2.45, 2.75) is 32.7 Å². The number of carbonyl (C=O) groups is 1. The van der Waals surface area contributed by atoms with Crippen LogP contribution in [0.5, 0.6) is 17.2 Å². The van der Waals surface area contributed by atoms with E-state index in [2.05, 4.69) is 15.9 Å². The molecule has 0 aliphatic carbocycles. The number of phenolic OH excluding ortho intramolecular Hbond substituents is 1. The molecule has 2 aromatic carbocycles. The molecule has 1 aliphatic heterocycles. The Hall–Kier alpha value is -3.08. The number of halogens is 2. The van der Waals surface area contributed by atoms with E-state index < -0.39 is 17.6 Å². The van der Waals surface area contributed by atoms with Crippen molar-refractivity contribution in [3.8, 4) is 17.2 Å². The second kappa shape index (κ2) is 11.8. The van der Waals surface area contributed by atoms with E-state index in [-0.39, 0.29) is 23.7 Å². The highest BCUT2D eigenvalue weighted by Gasteiger charge is 2.36. The summed E-state index contributed by atoms with van der Waals surface area (Å²) in [5.41, 5.74) is 1.33. The molecule has 1 aliphatic rings. The van der Waals surface area contributed by atoms with Crippen LogP contribution in [0.3, 0.4) is 0 Å². The standard InChI is InChI=1S/C27H26BrClN2O6S/c1-5-7-18-22(26(34)37-6-2)23(17-13-16(29)8-9-19(17)35-3)31-25(33)21(38-27(31)30-18)11-14-10-15(28)12-20(36-4)24(14)32/h8-13,23,32H,5-7H2,1-4H3/b21-11+/t23-/m1/s1. The third-order valence-corrected chi connectivity index (χ3v) is 7.63. The van der Waals surface area contributed by atoms with E-state index in [1.165, 1.54) is 18.8 Å². The Kier molecular flexibility index (Phi) is 8.64. The summed E-state index contributed by atoms with van der Waals surface area (Å²) in [6.07, 6.45) is 2.80. The summed E-state index contributed by atoms with van der Waals surface area (Å²) >= 11 is 10.9. The molecule has 0 amide bonds. The van der Waals surface area contributed by atoms with Crippen LogP contribution in [-0.2, 0) is 9.53 Å². The van der Waals surface area contributed by atoms with Crippen molar-refractivity contribution in [1.29, 1.82) is 0 Å². The van der Waals surface area contributed by atoms with Crippen LogP contribution in [0.2, 0.25) is 5.02 Å². The molecule has 3 aromatic rings. The Labute approximate surface area is 236 Å². The van der Waals surface area contributed by atoms with Gasteiger partial charge in [0.2, 0.25) is 0 Å². The fourth-order valence-corrected chi connectivity index (χ4v) is 5.98. The second-order valence-electron chi connectivity index (χ2n) is 8.35. The van der Waals surface area contributed by atoms with Gasteiger partial charge in [-0.1, -0.05) is 52.2 Å². The molecule has 1 aromatic heterocycles. The van der Waals surface area contributed by atoms with Crippen molar-refractivity contribution in [2.24, 2.45) is 4.99 Å². The van der Waals surface area contributed by atoms with Gasteiger partial charge in [-0.25, -0.2) is 9.79 Å². The van der Waals surface area contributed by atoms with Crippen molar-refractivity contribution in [3.05, 3.63) is 81.9 Å². The van der Waals surface area contributed by atoms with Crippen LogP contribution in [0.1, 0.15) is 43.9 Å². The minimum Gasteiger partial charge on any atom is -0.504 e. The number of carbonyl (C=O) groups excluding carboxylic acids is 1. The van der Waals surface area contributed by atoms with Crippen LogP contribution >= 0.6 is 38.9 Å². The van der Waals surface area contributed by atoms with Crippen LogP contribution < -0.4 is 24.4 Å². The Balaban J connectivity index is 2.07. The van der Waals surface area contributed by atoms with E-state index in [4.69, 9.17) is 30.8 Å². The van der Waals surface area contributed by atoms with Crippen molar-refractivity contribution in [3.63, 3.8) is 0 Å². The maximum absolute atomic E-state index is 13.9. The number of hydrogen-bond acceptors (Lipinski definition) is 8. The molecule has 1 N–H and O–H groups in total. The lowest BCUT2D eigenvalue weighted by atomic mass is 9.93. The van der Waals surface area contributed by atoms with Crippen molar-refractivity contribution in [1.82, 2.24) is 4.57 Å². The van der Waals surface area contributed by atoms with Gasteiger partial charge in [0.05, 0.1) is 36.6 Å². The molecule has 8 nitrogen and oxygen atoms in total. The van der Waals surface area contributed by atoms with Crippen LogP contribution in [0, 0.1) is 0 Å². The van der Waals surface area contributed by atoms with E-state index in [1.807, 2.05) is 6.92 Å². The fraction of sp³-hybridized carbons (Fsp3) is 0.296. The molecule has 2 heterocycles.